The predicted molar refractivity (Wildman–Crippen MR) is 67.8 cm³/mol. The van der Waals surface area contributed by atoms with Crippen LogP contribution in [0.1, 0.15) is 11.3 Å². The third kappa shape index (κ3) is 2.49. The van der Waals surface area contributed by atoms with Crippen LogP contribution in [0.4, 0.5) is 11.5 Å². The Balaban J connectivity index is 2.24. The van der Waals surface area contributed by atoms with Gasteiger partial charge in [0, 0.05) is 10.9 Å². The number of aromatic nitrogens is 2. The van der Waals surface area contributed by atoms with Crippen molar-refractivity contribution in [3.8, 4) is 0 Å². The Bertz CT molecular complexity index is 513. The minimum Gasteiger partial charge on any atom is -0.396 e. The summed E-state index contributed by atoms with van der Waals surface area (Å²) in [5.41, 5.74) is 13.6. The molecule has 0 spiro atoms. The first kappa shape index (κ1) is 10.9. The topological polar surface area (TPSA) is 77.8 Å². The summed E-state index contributed by atoms with van der Waals surface area (Å²) in [5, 5.41) is 7.78. The van der Waals surface area contributed by atoms with Gasteiger partial charge in [0.1, 0.15) is 0 Å². The van der Waals surface area contributed by atoms with Crippen molar-refractivity contribution in [1.82, 2.24) is 10.2 Å². The highest BCUT2D eigenvalue weighted by Gasteiger charge is 2.02. The molecule has 1 aromatic heterocycles. The molecule has 2 rings (SSSR count). The standard InChI is InChI=1S/C11H11BrN4/c12-8-3-1-2-7(4-8)5-9-6-10(13)11(14)16-15-9/h1-4,6H,5H2,(H2,13,15)(H2,14,16). The van der Waals surface area contributed by atoms with Gasteiger partial charge in [-0.25, -0.2) is 0 Å². The van der Waals surface area contributed by atoms with Gasteiger partial charge in [-0.2, -0.15) is 5.10 Å². The second-order valence-electron chi connectivity index (χ2n) is 3.48. The van der Waals surface area contributed by atoms with Crippen molar-refractivity contribution < 1.29 is 0 Å². The number of rotatable bonds is 2. The Morgan fingerprint density at radius 2 is 1.94 bits per heavy atom. The average molecular weight is 279 g/mol. The van der Waals surface area contributed by atoms with Crippen LogP contribution < -0.4 is 11.5 Å². The summed E-state index contributed by atoms with van der Waals surface area (Å²) < 4.78 is 1.04. The van der Waals surface area contributed by atoms with Crippen LogP contribution in [0, 0.1) is 0 Å². The molecule has 0 saturated carbocycles. The van der Waals surface area contributed by atoms with Crippen LogP contribution >= 0.6 is 15.9 Å². The van der Waals surface area contributed by atoms with Crippen molar-refractivity contribution in [3.05, 3.63) is 46.1 Å². The summed E-state index contributed by atoms with van der Waals surface area (Å²) in [5.74, 6) is 0.276. The molecule has 0 unspecified atom stereocenters. The molecule has 4 N–H and O–H groups in total. The summed E-state index contributed by atoms with van der Waals surface area (Å²) >= 11 is 3.42. The molecule has 1 aromatic carbocycles. The molecule has 82 valence electrons. The molecule has 1 heterocycles. The quantitative estimate of drug-likeness (QED) is 0.881. The van der Waals surface area contributed by atoms with Gasteiger partial charge in [0.15, 0.2) is 5.82 Å². The van der Waals surface area contributed by atoms with E-state index in [2.05, 4.69) is 26.1 Å². The lowest BCUT2D eigenvalue weighted by Gasteiger charge is -2.03. The van der Waals surface area contributed by atoms with Crippen LogP contribution in [-0.4, -0.2) is 10.2 Å². The van der Waals surface area contributed by atoms with E-state index in [-0.39, 0.29) is 5.82 Å². The molecule has 0 bridgehead atoms. The lowest BCUT2D eigenvalue weighted by atomic mass is 10.1. The van der Waals surface area contributed by atoms with Crippen molar-refractivity contribution in [2.45, 2.75) is 6.42 Å². The van der Waals surface area contributed by atoms with Crippen LogP contribution in [0.5, 0.6) is 0 Å². The van der Waals surface area contributed by atoms with Crippen LogP contribution in [0.2, 0.25) is 0 Å². The Kier molecular flexibility index (Phi) is 3.05. The minimum atomic E-state index is 0.276. The molecule has 2 aromatic rings. The highest BCUT2D eigenvalue weighted by atomic mass is 79.9. The highest BCUT2D eigenvalue weighted by molar-refractivity contribution is 9.10. The van der Waals surface area contributed by atoms with Crippen LogP contribution in [-0.2, 0) is 6.42 Å². The van der Waals surface area contributed by atoms with Gasteiger partial charge < -0.3 is 11.5 Å². The number of nitrogen functional groups attached to an aromatic ring is 2. The van der Waals surface area contributed by atoms with Gasteiger partial charge >= 0.3 is 0 Å². The molecule has 0 aliphatic carbocycles. The Labute approximate surface area is 102 Å². The molecular weight excluding hydrogens is 268 g/mol. The largest absolute Gasteiger partial charge is 0.396 e. The Morgan fingerprint density at radius 3 is 2.62 bits per heavy atom. The summed E-state index contributed by atoms with van der Waals surface area (Å²) in [6, 6.07) is 9.77. The summed E-state index contributed by atoms with van der Waals surface area (Å²) in [6.07, 6.45) is 0.691. The number of hydrogen-bond acceptors (Lipinski definition) is 4. The van der Waals surface area contributed by atoms with Crippen LogP contribution in [0.25, 0.3) is 0 Å². The van der Waals surface area contributed by atoms with E-state index in [1.165, 1.54) is 0 Å². The number of benzene rings is 1. The summed E-state index contributed by atoms with van der Waals surface area (Å²) in [6.45, 7) is 0. The van der Waals surface area contributed by atoms with E-state index in [9.17, 15) is 0 Å². The Hall–Kier alpha value is -1.62. The molecule has 16 heavy (non-hydrogen) atoms. The number of anilines is 2. The maximum absolute atomic E-state index is 5.67. The fourth-order valence-electron chi connectivity index (χ4n) is 1.40. The number of nitrogens with two attached hydrogens (primary N) is 2. The fourth-order valence-corrected chi connectivity index (χ4v) is 1.85. The maximum atomic E-state index is 5.67. The van der Waals surface area contributed by atoms with Gasteiger partial charge in [-0.05, 0) is 23.8 Å². The van der Waals surface area contributed by atoms with Gasteiger partial charge in [0.05, 0.1) is 11.4 Å². The number of nitrogens with zero attached hydrogens (tertiary/aromatic N) is 2. The zero-order chi connectivity index (χ0) is 11.5. The average Bonchev–Trinajstić information content (AvgIpc) is 2.24. The number of halogens is 1. The molecule has 0 radical (unpaired) electrons. The first-order valence-electron chi connectivity index (χ1n) is 4.77. The second kappa shape index (κ2) is 4.49. The fraction of sp³-hybridized carbons (Fsp3) is 0.0909. The third-order valence-corrected chi connectivity index (χ3v) is 2.67. The first-order chi connectivity index (χ1) is 7.65. The zero-order valence-electron chi connectivity index (χ0n) is 8.52. The van der Waals surface area contributed by atoms with Crippen molar-refractivity contribution >= 4 is 27.4 Å². The van der Waals surface area contributed by atoms with E-state index < -0.39 is 0 Å². The van der Waals surface area contributed by atoms with E-state index >= 15 is 0 Å². The predicted octanol–water partition coefficient (Wildman–Crippen LogP) is 1.99. The molecule has 0 amide bonds. The van der Waals surface area contributed by atoms with Crippen LogP contribution in [0.3, 0.4) is 0 Å². The monoisotopic (exact) mass is 278 g/mol. The van der Waals surface area contributed by atoms with Gasteiger partial charge in [-0.15, -0.1) is 5.10 Å². The maximum Gasteiger partial charge on any atom is 0.169 e. The van der Waals surface area contributed by atoms with E-state index in [1.807, 2.05) is 24.3 Å². The highest BCUT2D eigenvalue weighted by Crippen LogP contribution is 2.16. The van der Waals surface area contributed by atoms with Crippen molar-refractivity contribution in [1.29, 1.82) is 0 Å². The Morgan fingerprint density at radius 1 is 1.12 bits per heavy atom. The van der Waals surface area contributed by atoms with E-state index in [4.69, 9.17) is 11.5 Å². The molecule has 4 nitrogen and oxygen atoms in total. The number of hydrogen-bond donors (Lipinski definition) is 2. The van der Waals surface area contributed by atoms with Crippen LogP contribution in [0.15, 0.2) is 34.8 Å². The SMILES string of the molecule is Nc1cc(Cc2cccc(Br)c2)nnc1N. The van der Waals surface area contributed by atoms with Gasteiger partial charge in [0.2, 0.25) is 0 Å². The van der Waals surface area contributed by atoms with Gasteiger partial charge in [-0.3, -0.25) is 0 Å². The summed E-state index contributed by atoms with van der Waals surface area (Å²) in [7, 11) is 0. The second-order valence-corrected chi connectivity index (χ2v) is 4.40. The van der Waals surface area contributed by atoms with E-state index in [0.717, 1.165) is 15.7 Å². The molecule has 0 aliphatic heterocycles. The normalized spacial score (nSPS) is 10.3. The smallest absolute Gasteiger partial charge is 0.169 e. The zero-order valence-corrected chi connectivity index (χ0v) is 10.1. The van der Waals surface area contributed by atoms with Gasteiger partial charge in [0.25, 0.3) is 0 Å². The molecule has 0 atom stereocenters. The van der Waals surface area contributed by atoms with E-state index in [0.29, 0.717) is 12.1 Å². The molecule has 0 saturated heterocycles. The third-order valence-electron chi connectivity index (χ3n) is 2.18. The van der Waals surface area contributed by atoms with Crippen molar-refractivity contribution in [3.63, 3.8) is 0 Å². The molecule has 5 heteroatoms. The van der Waals surface area contributed by atoms with Gasteiger partial charge in [-0.1, -0.05) is 28.1 Å². The molecular formula is C11H11BrN4. The van der Waals surface area contributed by atoms with E-state index in [1.54, 1.807) is 6.07 Å². The van der Waals surface area contributed by atoms with Crippen molar-refractivity contribution in [2.24, 2.45) is 0 Å². The van der Waals surface area contributed by atoms with Crippen molar-refractivity contribution in [2.75, 3.05) is 11.5 Å². The lowest BCUT2D eigenvalue weighted by Crippen LogP contribution is -2.03. The molecule has 0 fully saturated rings. The lowest BCUT2D eigenvalue weighted by molar-refractivity contribution is 0.947. The first-order valence-corrected chi connectivity index (χ1v) is 5.56. The molecule has 0 aliphatic rings. The summed E-state index contributed by atoms with van der Waals surface area (Å²) in [4.78, 5) is 0. The minimum absolute atomic E-state index is 0.276.